The zero-order valence-electron chi connectivity index (χ0n) is 11.6. The van der Waals surface area contributed by atoms with Gasteiger partial charge in [0.1, 0.15) is 5.75 Å². The number of rotatable bonds is 4. The first-order valence-electron chi connectivity index (χ1n) is 6.59. The quantitative estimate of drug-likeness (QED) is 0.743. The van der Waals surface area contributed by atoms with E-state index in [1.807, 2.05) is 49.4 Å². The zero-order chi connectivity index (χ0) is 14.7. The van der Waals surface area contributed by atoms with Crippen LogP contribution in [-0.2, 0) is 6.61 Å². The Morgan fingerprint density at radius 1 is 1.14 bits per heavy atom. The fraction of sp³-hybridized carbons (Fsp3) is 0.125. The summed E-state index contributed by atoms with van der Waals surface area (Å²) in [6.07, 6.45) is 0. The van der Waals surface area contributed by atoms with Crippen LogP contribution in [-0.4, -0.2) is 10.1 Å². The van der Waals surface area contributed by atoms with Crippen molar-refractivity contribution in [2.24, 2.45) is 0 Å². The molecule has 3 rings (SSSR count). The van der Waals surface area contributed by atoms with E-state index < -0.39 is 0 Å². The molecule has 5 heteroatoms. The van der Waals surface area contributed by atoms with Gasteiger partial charge in [-0.05, 0) is 42.8 Å². The Balaban J connectivity index is 1.70. The summed E-state index contributed by atoms with van der Waals surface area (Å²) in [5.74, 6) is 1.75. The van der Waals surface area contributed by atoms with Gasteiger partial charge in [0.25, 0.3) is 5.89 Å². The van der Waals surface area contributed by atoms with Crippen LogP contribution >= 0.6 is 0 Å². The molecule has 0 spiro atoms. The van der Waals surface area contributed by atoms with Gasteiger partial charge in [0.05, 0.1) is 0 Å². The molecule has 0 saturated carbocycles. The van der Waals surface area contributed by atoms with Crippen LogP contribution in [0.1, 0.15) is 11.4 Å². The third-order valence-electron chi connectivity index (χ3n) is 3.04. The summed E-state index contributed by atoms with van der Waals surface area (Å²) in [5, 5.41) is 3.92. The van der Waals surface area contributed by atoms with Crippen molar-refractivity contribution in [3.05, 3.63) is 59.9 Å². The van der Waals surface area contributed by atoms with Crippen LogP contribution in [0.2, 0.25) is 0 Å². The Morgan fingerprint density at radius 2 is 1.95 bits per heavy atom. The van der Waals surface area contributed by atoms with Gasteiger partial charge in [0.2, 0.25) is 5.82 Å². The number of aromatic nitrogens is 2. The van der Waals surface area contributed by atoms with E-state index in [4.69, 9.17) is 15.0 Å². The van der Waals surface area contributed by atoms with Gasteiger partial charge in [-0.15, -0.1) is 0 Å². The first-order chi connectivity index (χ1) is 10.2. The summed E-state index contributed by atoms with van der Waals surface area (Å²) >= 11 is 0. The third-order valence-corrected chi connectivity index (χ3v) is 3.04. The van der Waals surface area contributed by atoms with Crippen molar-refractivity contribution >= 4 is 5.69 Å². The molecule has 0 amide bonds. The van der Waals surface area contributed by atoms with Crippen LogP contribution in [0, 0.1) is 6.92 Å². The van der Waals surface area contributed by atoms with Crippen LogP contribution in [0.3, 0.4) is 0 Å². The standard InChI is InChI=1S/C16H15N3O2/c1-11-9-13(17)7-8-14(11)20-10-15-18-16(21-19-15)12-5-3-2-4-6-12/h2-9H,10,17H2,1H3. The first kappa shape index (κ1) is 13.2. The molecule has 0 saturated heterocycles. The highest BCUT2D eigenvalue weighted by molar-refractivity contribution is 5.52. The van der Waals surface area contributed by atoms with E-state index in [-0.39, 0.29) is 6.61 Å². The smallest absolute Gasteiger partial charge is 0.258 e. The maximum Gasteiger partial charge on any atom is 0.258 e. The minimum atomic E-state index is 0.251. The average Bonchev–Trinajstić information content (AvgIpc) is 2.96. The van der Waals surface area contributed by atoms with Gasteiger partial charge in [0, 0.05) is 11.3 Å². The molecule has 2 N–H and O–H groups in total. The molecule has 0 radical (unpaired) electrons. The zero-order valence-corrected chi connectivity index (χ0v) is 11.6. The van der Waals surface area contributed by atoms with Crippen molar-refractivity contribution in [2.75, 3.05) is 5.73 Å². The molecule has 0 aliphatic rings. The Labute approximate surface area is 122 Å². The van der Waals surface area contributed by atoms with E-state index in [1.54, 1.807) is 6.07 Å². The summed E-state index contributed by atoms with van der Waals surface area (Å²) in [5.41, 5.74) is 8.28. The van der Waals surface area contributed by atoms with Crippen LogP contribution < -0.4 is 10.5 Å². The van der Waals surface area contributed by atoms with Gasteiger partial charge < -0.3 is 15.0 Å². The van der Waals surface area contributed by atoms with E-state index in [1.165, 1.54) is 0 Å². The molecule has 21 heavy (non-hydrogen) atoms. The van der Waals surface area contributed by atoms with E-state index in [0.29, 0.717) is 17.4 Å². The molecule has 1 aromatic heterocycles. The fourth-order valence-corrected chi connectivity index (χ4v) is 1.99. The molecule has 0 bridgehead atoms. The van der Waals surface area contributed by atoms with E-state index >= 15 is 0 Å². The molecule has 0 atom stereocenters. The monoisotopic (exact) mass is 281 g/mol. The number of aryl methyl sites for hydroxylation is 1. The van der Waals surface area contributed by atoms with Crippen molar-refractivity contribution in [2.45, 2.75) is 13.5 Å². The van der Waals surface area contributed by atoms with Crippen LogP contribution in [0.5, 0.6) is 5.75 Å². The summed E-state index contributed by atoms with van der Waals surface area (Å²) in [4.78, 5) is 4.32. The van der Waals surface area contributed by atoms with E-state index in [0.717, 1.165) is 16.9 Å². The molecular formula is C16H15N3O2. The molecule has 1 heterocycles. The van der Waals surface area contributed by atoms with Gasteiger partial charge in [-0.2, -0.15) is 4.98 Å². The summed E-state index contributed by atoms with van der Waals surface area (Å²) in [6.45, 7) is 2.19. The van der Waals surface area contributed by atoms with E-state index in [9.17, 15) is 0 Å². The highest BCUT2D eigenvalue weighted by Crippen LogP contribution is 2.21. The van der Waals surface area contributed by atoms with Crippen LogP contribution in [0.25, 0.3) is 11.5 Å². The highest BCUT2D eigenvalue weighted by Gasteiger charge is 2.09. The SMILES string of the molecule is Cc1cc(N)ccc1OCc1noc(-c2ccccc2)n1. The lowest BCUT2D eigenvalue weighted by Gasteiger charge is -2.07. The predicted molar refractivity (Wildman–Crippen MR) is 79.7 cm³/mol. The molecule has 5 nitrogen and oxygen atoms in total. The Morgan fingerprint density at radius 3 is 2.71 bits per heavy atom. The normalized spacial score (nSPS) is 10.5. The molecule has 3 aromatic rings. The van der Waals surface area contributed by atoms with Crippen LogP contribution in [0.15, 0.2) is 53.1 Å². The number of ether oxygens (including phenoxy) is 1. The number of nitrogens with zero attached hydrogens (tertiary/aromatic N) is 2. The number of nitrogen functional groups attached to an aromatic ring is 1. The predicted octanol–water partition coefficient (Wildman–Crippen LogP) is 3.21. The minimum Gasteiger partial charge on any atom is -0.485 e. The number of hydrogen-bond donors (Lipinski definition) is 1. The van der Waals surface area contributed by atoms with Gasteiger partial charge >= 0.3 is 0 Å². The van der Waals surface area contributed by atoms with Gasteiger partial charge in [-0.25, -0.2) is 0 Å². The second-order valence-corrected chi connectivity index (χ2v) is 4.70. The van der Waals surface area contributed by atoms with Crippen molar-refractivity contribution in [3.63, 3.8) is 0 Å². The number of hydrogen-bond acceptors (Lipinski definition) is 5. The minimum absolute atomic E-state index is 0.251. The molecular weight excluding hydrogens is 266 g/mol. The number of anilines is 1. The number of nitrogens with two attached hydrogens (primary N) is 1. The molecule has 106 valence electrons. The maximum atomic E-state index is 5.71. The largest absolute Gasteiger partial charge is 0.485 e. The Hall–Kier alpha value is -2.82. The van der Waals surface area contributed by atoms with Gasteiger partial charge in [-0.1, -0.05) is 23.4 Å². The number of benzene rings is 2. The van der Waals surface area contributed by atoms with Crippen LogP contribution in [0.4, 0.5) is 5.69 Å². The van der Waals surface area contributed by atoms with Crippen molar-refractivity contribution in [1.29, 1.82) is 0 Å². The molecule has 0 aliphatic carbocycles. The highest BCUT2D eigenvalue weighted by atomic mass is 16.5. The fourth-order valence-electron chi connectivity index (χ4n) is 1.99. The van der Waals surface area contributed by atoms with Crippen molar-refractivity contribution in [1.82, 2.24) is 10.1 Å². The second-order valence-electron chi connectivity index (χ2n) is 4.70. The van der Waals surface area contributed by atoms with Crippen molar-refractivity contribution in [3.8, 4) is 17.2 Å². The molecule has 0 unspecified atom stereocenters. The third kappa shape index (κ3) is 3.02. The second kappa shape index (κ2) is 5.66. The summed E-state index contributed by atoms with van der Waals surface area (Å²) in [6, 6.07) is 15.1. The van der Waals surface area contributed by atoms with Gasteiger partial charge in [-0.3, -0.25) is 0 Å². The lowest BCUT2D eigenvalue weighted by atomic mass is 10.2. The lowest BCUT2D eigenvalue weighted by molar-refractivity contribution is 0.285. The summed E-state index contributed by atoms with van der Waals surface area (Å²) < 4.78 is 10.9. The topological polar surface area (TPSA) is 74.2 Å². The lowest BCUT2D eigenvalue weighted by Crippen LogP contribution is -1.99. The maximum absolute atomic E-state index is 5.71. The molecule has 2 aromatic carbocycles. The van der Waals surface area contributed by atoms with E-state index in [2.05, 4.69) is 10.1 Å². The van der Waals surface area contributed by atoms with Crippen molar-refractivity contribution < 1.29 is 9.26 Å². The molecule has 0 fully saturated rings. The Kier molecular flexibility index (Phi) is 3.55. The first-order valence-corrected chi connectivity index (χ1v) is 6.59. The Bertz CT molecular complexity index is 738. The molecule has 0 aliphatic heterocycles. The average molecular weight is 281 g/mol. The van der Waals surface area contributed by atoms with Gasteiger partial charge in [0.15, 0.2) is 6.61 Å². The summed E-state index contributed by atoms with van der Waals surface area (Å²) in [7, 11) is 0.